The topological polar surface area (TPSA) is 60.2 Å². The average Bonchev–Trinajstić information content (AvgIpc) is 2.84. The molecule has 2 heterocycles. The zero-order chi connectivity index (χ0) is 11.5. The Balaban J connectivity index is 1.81. The maximum atomic E-state index is 5.93. The van der Waals surface area contributed by atoms with Crippen molar-refractivity contribution in [3.05, 3.63) is 16.1 Å². The summed E-state index contributed by atoms with van der Waals surface area (Å²) in [6.45, 7) is 6.53. The van der Waals surface area contributed by atoms with E-state index < -0.39 is 0 Å². The van der Waals surface area contributed by atoms with Crippen LogP contribution < -0.4 is 11.1 Å². The van der Waals surface area contributed by atoms with E-state index in [-0.39, 0.29) is 6.04 Å². The van der Waals surface area contributed by atoms with Crippen LogP contribution in [0.3, 0.4) is 0 Å². The molecule has 3 atom stereocenters. The maximum Gasteiger partial charge on any atom is 0.110 e. The van der Waals surface area contributed by atoms with Gasteiger partial charge in [0.1, 0.15) is 5.01 Å². The normalized spacial score (nSPS) is 27.2. The summed E-state index contributed by atoms with van der Waals surface area (Å²) in [6, 6.07) is 0.476. The van der Waals surface area contributed by atoms with Crippen molar-refractivity contribution in [2.45, 2.75) is 25.9 Å². The highest BCUT2D eigenvalue weighted by molar-refractivity contribution is 7.09. The Bertz CT molecular complexity index is 342. The summed E-state index contributed by atoms with van der Waals surface area (Å²) in [7, 11) is 0. The first-order chi connectivity index (χ1) is 7.66. The van der Waals surface area contributed by atoms with Gasteiger partial charge in [-0.1, -0.05) is 0 Å². The summed E-state index contributed by atoms with van der Waals surface area (Å²) >= 11 is 1.70. The van der Waals surface area contributed by atoms with E-state index in [1.807, 2.05) is 6.92 Å². The molecule has 0 aliphatic carbocycles. The third-order valence-electron chi connectivity index (χ3n) is 2.94. The van der Waals surface area contributed by atoms with E-state index in [2.05, 4.69) is 22.6 Å². The lowest BCUT2D eigenvalue weighted by atomic mass is 10.0. The van der Waals surface area contributed by atoms with E-state index in [1.165, 1.54) is 0 Å². The first-order valence-corrected chi connectivity index (χ1v) is 6.53. The standard InChI is InChI=1S/C11H19N3OS/c1-7-6-16-11(14-7)8(2)13-3-9-4-15-5-10(9)12/h6,8-10,13H,3-5,12H2,1-2H3. The lowest BCUT2D eigenvalue weighted by Crippen LogP contribution is -2.36. The van der Waals surface area contributed by atoms with Crippen molar-refractivity contribution in [1.82, 2.24) is 10.3 Å². The van der Waals surface area contributed by atoms with E-state index >= 15 is 0 Å². The number of hydrogen-bond donors (Lipinski definition) is 2. The van der Waals surface area contributed by atoms with Crippen molar-refractivity contribution in [2.24, 2.45) is 11.7 Å². The van der Waals surface area contributed by atoms with Crippen molar-refractivity contribution in [3.63, 3.8) is 0 Å². The summed E-state index contributed by atoms with van der Waals surface area (Å²) in [6.07, 6.45) is 0. The van der Waals surface area contributed by atoms with Crippen molar-refractivity contribution in [3.8, 4) is 0 Å². The Morgan fingerprint density at radius 1 is 1.69 bits per heavy atom. The third-order valence-corrected chi connectivity index (χ3v) is 4.09. The second-order valence-electron chi connectivity index (χ2n) is 4.42. The van der Waals surface area contributed by atoms with Gasteiger partial charge in [-0.05, 0) is 13.8 Å². The van der Waals surface area contributed by atoms with Gasteiger partial charge in [-0.15, -0.1) is 11.3 Å². The molecule has 0 amide bonds. The van der Waals surface area contributed by atoms with Crippen molar-refractivity contribution in [2.75, 3.05) is 19.8 Å². The molecule has 0 radical (unpaired) electrons. The molecule has 2 rings (SSSR count). The molecule has 0 bridgehead atoms. The number of aromatic nitrogens is 1. The molecular weight excluding hydrogens is 222 g/mol. The Morgan fingerprint density at radius 2 is 2.50 bits per heavy atom. The first-order valence-electron chi connectivity index (χ1n) is 5.65. The van der Waals surface area contributed by atoms with Gasteiger partial charge >= 0.3 is 0 Å². The summed E-state index contributed by atoms with van der Waals surface area (Å²) in [5, 5.41) is 6.70. The van der Waals surface area contributed by atoms with Crippen LogP contribution in [0.4, 0.5) is 0 Å². The molecule has 90 valence electrons. The smallest absolute Gasteiger partial charge is 0.110 e. The Kier molecular flexibility index (Phi) is 3.91. The molecule has 1 aliphatic heterocycles. The van der Waals surface area contributed by atoms with E-state index in [0.29, 0.717) is 18.6 Å². The van der Waals surface area contributed by atoms with Crippen LogP contribution in [-0.2, 0) is 4.74 Å². The van der Waals surface area contributed by atoms with Gasteiger partial charge < -0.3 is 15.8 Å². The molecule has 1 aliphatic rings. The van der Waals surface area contributed by atoms with Crippen molar-refractivity contribution < 1.29 is 4.74 Å². The summed E-state index contributed by atoms with van der Waals surface area (Å²) in [4.78, 5) is 4.47. The minimum absolute atomic E-state index is 0.178. The number of ether oxygens (including phenoxy) is 1. The fourth-order valence-corrected chi connectivity index (χ4v) is 2.64. The van der Waals surface area contributed by atoms with Gasteiger partial charge in [0.05, 0.1) is 19.3 Å². The minimum atomic E-state index is 0.178. The summed E-state index contributed by atoms with van der Waals surface area (Å²) in [5.74, 6) is 0.434. The lowest BCUT2D eigenvalue weighted by molar-refractivity contribution is 0.183. The molecule has 1 saturated heterocycles. The van der Waals surface area contributed by atoms with Crippen LogP contribution in [0.15, 0.2) is 5.38 Å². The zero-order valence-corrected chi connectivity index (χ0v) is 10.6. The fourth-order valence-electron chi connectivity index (χ4n) is 1.81. The van der Waals surface area contributed by atoms with Crippen LogP contribution in [0.5, 0.6) is 0 Å². The SMILES string of the molecule is Cc1csc(C(C)NCC2COCC2N)n1. The molecule has 0 saturated carbocycles. The predicted molar refractivity (Wildman–Crippen MR) is 65.6 cm³/mol. The highest BCUT2D eigenvalue weighted by atomic mass is 32.1. The first kappa shape index (κ1) is 12.0. The van der Waals surface area contributed by atoms with E-state index in [0.717, 1.165) is 23.9 Å². The third kappa shape index (κ3) is 2.79. The number of aryl methyl sites for hydroxylation is 1. The van der Waals surface area contributed by atoms with Gasteiger partial charge in [-0.2, -0.15) is 0 Å². The molecule has 5 heteroatoms. The molecule has 1 aromatic heterocycles. The molecular formula is C11H19N3OS. The van der Waals surface area contributed by atoms with Crippen LogP contribution in [0, 0.1) is 12.8 Å². The molecule has 3 N–H and O–H groups in total. The van der Waals surface area contributed by atoms with Gasteiger partial charge in [-0.3, -0.25) is 0 Å². The number of nitrogens with zero attached hydrogens (tertiary/aromatic N) is 1. The van der Waals surface area contributed by atoms with Crippen molar-refractivity contribution in [1.29, 1.82) is 0 Å². The number of thiazole rings is 1. The predicted octanol–water partition coefficient (Wildman–Crippen LogP) is 1.08. The van der Waals surface area contributed by atoms with Gasteiger partial charge in [0, 0.05) is 29.6 Å². The second kappa shape index (κ2) is 5.23. The minimum Gasteiger partial charge on any atom is -0.379 e. The van der Waals surface area contributed by atoms with Crippen LogP contribution in [-0.4, -0.2) is 30.8 Å². The van der Waals surface area contributed by atoms with Crippen LogP contribution in [0.25, 0.3) is 0 Å². The zero-order valence-electron chi connectivity index (χ0n) is 9.77. The molecule has 1 fully saturated rings. The quantitative estimate of drug-likeness (QED) is 0.828. The van der Waals surface area contributed by atoms with Gasteiger partial charge in [0.2, 0.25) is 0 Å². The van der Waals surface area contributed by atoms with Crippen LogP contribution in [0.1, 0.15) is 23.7 Å². The molecule has 0 spiro atoms. The fraction of sp³-hybridized carbons (Fsp3) is 0.727. The number of nitrogens with one attached hydrogen (secondary N) is 1. The number of nitrogens with two attached hydrogens (primary N) is 1. The molecule has 3 unspecified atom stereocenters. The summed E-state index contributed by atoms with van der Waals surface area (Å²) < 4.78 is 5.33. The molecule has 0 aromatic carbocycles. The summed E-state index contributed by atoms with van der Waals surface area (Å²) in [5.41, 5.74) is 7.02. The molecule has 4 nitrogen and oxygen atoms in total. The van der Waals surface area contributed by atoms with E-state index in [4.69, 9.17) is 10.5 Å². The molecule has 1 aromatic rings. The van der Waals surface area contributed by atoms with Crippen molar-refractivity contribution >= 4 is 11.3 Å². The maximum absolute atomic E-state index is 5.93. The van der Waals surface area contributed by atoms with E-state index in [1.54, 1.807) is 11.3 Å². The van der Waals surface area contributed by atoms with E-state index in [9.17, 15) is 0 Å². The average molecular weight is 241 g/mol. The highest BCUT2D eigenvalue weighted by Gasteiger charge is 2.25. The lowest BCUT2D eigenvalue weighted by Gasteiger charge is -2.17. The Morgan fingerprint density at radius 3 is 3.06 bits per heavy atom. The van der Waals surface area contributed by atoms with Gasteiger partial charge in [0.15, 0.2) is 0 Å². The number of rotatable bonds is 4. The Hall–Kier alpha value is -0.490. The monoisotopic (exact) mass is 241 g/mol. The van der Waals surface area contributed by atoms with Gasteiger partial charge in [-0.25, -0.2) is 4.98 Å². The number of hydrogen-bond acceptors (Lipinski definition) is 5. The van der Waals surface area contributed by atoms with Crippen LogP contribution >= 0.6 is 11.3 Å². The second-order valence-corrected chi connectivity index (χ2v) is 5.31. The largest absolute Gasteiger partial charge is 0.379 e. The van der Waals surface area contributed by atoms with Gasteiger partial charge in [0.25, 0.3) is 0 Å². The van der Waals surface area contributed by atoms with Crippen LogP contribution in [0.2, 0.25) is 0 Å². The molecule has 16 heavy (non-hydrogen) atoms. The Labute approximate surface area is 100 Å². The highest BCUT2D eigenvalue weighted by Crippen LogP contribution is 2.18.